The second kappa shape index (κ2) is 8.35. The summed E-state index contributed by atoms with van der Waals surface area (Å²) in [4.78, 5) is 22.4. The number of amides is 1. The minimum absolute atomic E-state index is 0.00284. The van der Waals surface area contributed by atoms with Gasteiger partial charge in [0.05, 0.1) is 23.4 Å². The molecule has 1 aliphatic rings. The molecule has 0 bridgehead atoms. The lowest BCUT2D eigenvalue weighted by molar-refractivity contribution is 0.0859. The van der Waals surface area contributed by atoms with Crippen molar-refractivity contribution in [2.75, 3.05) is 18.9 Å². The van der Waals surface area contributed by atoms with Gasteiger partial charge < -0.3 is 15.8 Å². The molecule has 0 saturated carbocycles. The quantitative estimate of drug-likeness (QED) is 0.471. The highest BCUT2D eigenvalue weighted by atomic mass is 19.1. The van der Waals surface area contributed by atoms with E-state index >= 15 is 0 Å². The minimum Gasteiger partial charge on any atom is -0.383 e. The van der Waals surface area contributed by atoms with Gasteiger partial charge >= 0.3 is 0 Å². The van der Waals surface area contributed by atoms with Crippen LogP contribution in [0.1, 0.15) is 28.8 Å². The van der Waals surface area contributed by atoms with E-state index in [4.69, 9.17) is 10.5 Å². The molecule has 1 atom stereocenters. The van der Waals surface area contributed by atoms with Crippen molar-refractivity contribution in [3.8, 4) is 0 Å². The zero-order valence-electron chi connectivity index (χ0n) is 17.2. The number of aromatic nitrogens is 3. The van der Waals surface area contributed by atoms with Gasteiger partial charge in [-0.25, -0.2) is 14.4 Å². The third-order valence-corrected chi connectivity index (χ3v) is 5.41. The number of carbonyl (C=O) groups excluding carboxylic acids is 1. The zero-order valence-corrected chi connectivity index (χ0v) is 17.2. The van der Waals surface area contributed by atoms with Crippen LogP contribution < -0.4 is 11.1 Å². The lowest BCUT2D eigenvalue weighted by Gasteiger charge is -2.10. The molecule has 1 aliphatic heterocycles. The summed E-state index contributed by atoms with van der Waals surface area (Å²) in [5.41, 5.74) is 9.28. The average Bonchev–Trinajstić information content (AvgIpc) is 3.41. The Morgan fingerprint density at radius 1 is 1.22 bits per heavy atom. The maximum Gasteiger partial charge on any atom is 0.257 e. The third kappa shape index (κ3) is 3.78. The predicted molar refractivity (Wildman–Crippen MR) is 120 cm³/mol. The van der Waals surface area contributed by atoms with Crippen molar-refractivity contribution in [2.45, 2.75) is 18.9 Å². The fourth-order valence-corrected chi connectivity index (χ4v) is 3.76. The number of nitrogens with two attached hydrogens (primary N) is 1. The summed E-state index contributed by atoms with van der Waals surface area (Å²) in [7, 11) is 0. The lowest BCUT2D eigenvalue weighted by Crippen LogP contribution is -2.32. The number of ether oxygens (including phenoxy) is 1. The first-order chi connectivity index (χ1) is 15.6. The van der Waals surface area contributed by atoms with Crippen molar-refractivity contribution in [1.29, 1.82) is 0 Å². The number of carbonyl (C=O) groups is 1. The van der Waals surface area contributed by atoms with Gasteiger partial charge in [0.15, 0.2) is 5.65 Å². The SMILES string of the molecule is Nc1c(C(=O)NCC2CCCO2)c2nc3ccccc3nc2n1N=Cc1ccc(F)cc1. The van der Waals surface area contributed by atoms with E-state index in [1.807, 2.05) is 24.3 Å². The summed E-state index contributed by atoms with van der Waals surface area (Å²) < 4.78 is 20.2. The molecule has 9 heteroatoms. The van der Waals surface area contributed by atoms with Crippen LogP contribution in [-0.4, -0.2) is 46.0 Å². The first kappa shape index (κ1) is 20.1. The van der Waals surface area contributed by atoms with Crippen molar-refractivity contribution in [1.82, 2.24) is 20.0 Å². The molecule has 0 spiro atoms. The summed E-state index contributed by atoms with van der Waals surface area (Å²) in [5.74, 6) is -0.572. The normalized spacial score (nSPS) is 16.3. The van der Waals surface area contributed by atoms with Crippen LogP contribution in [0.3, 0.4) is 0 Å². The van der Waals surface area contributed by atoms with E-state index in [0.29, 0.717) is 40.9 Å². The number of hydrogen-bond donors (Lipinski definition) is 2. The average molecular weight is 432 g/mol. The first-order valence-corrected chi connectivity index (χ1v) is 10.4. The summed E-state index contributed by atoms with van der Waals surface area (Å²) >= 11 is 0. The Kier molecular flexibility index (Phi) is 5.24. The highest BCUT2D eigenvalue weighted by Gasteiger charge is 2.25. The van der Waals surface area contributed by atoms with E-state index in [1.165, 1.54) is 23.0 Å². The minimum atomic E-state index is -0.358. The number of para-hydroxylation sites is 2. The van der Waals surface area contributed by atoms with Crippen LogP contribution in [0.4, 0.5) is 10.2 Å². The Balaban J connectivity index is 1.58. The molecule has 0 aliphatic carbocycles. The van der Waals surface area contributed by atoms with Crippen LogP contribution in [-0.2, 0) is 4.74 Å². The number of nitrogens with one attached hydrogen (secondary N) is 1. The number of benzene rings is 2. The number of nitrogen functional groups attached to an aromatic ring is 1. The highest BCUT2D eigenvalue weighted by Crippen LogP contribution is 2.28. The second-order valence-electron chi connectivity index (χ2n) is 7.60. The molecule has 3 heterocycles. The van der Waals surface area contributed by atoms with Crippen molar-refractivity contribution in [3.63, 3.8) is 0 Å². The molecular weight excluding hydrogens is 411 g/mol. The van der Waals surface area contributed by atoms with Gasteiger partial charge in [-0.1, -0.05) is 24.3 Å². The van der Waals surface area contributed by atoms with Gasteiger partial charge in [0.25, 0.3) is 5.91 Å². The van der Waals surface area contributed by atoms with Crippen LogP contribution >= 0.6 is 0 Å². The Morgan fingerprint density at radius 3 is 2.69 bits per heavy atom. The van der Waals surface area contributed by atoms with Gasteiger partial charge in [-0.2, -0.15) is 9.78 Å². The number of anilines is 1. The molecular formula is C23H21FN6O2. The van der Waals surface area contributed by atoms with Gasteiger partial charge in [0, 0.05) is 13.2 Å². The maximum absolute atomic E-state index is 13.2. The standard InChI is InChI=1S/C23H21FN6O2/c24-15-9-7-14(8-10-15)12-27-30-21(25)19(23(31)26-13-16-4-3-11-32-16)20-22(30)29-18-6-2-1-5-17(18)28-20/h1-2,5-10,12,16H,3-4,11,13,25H2,(H,26,31). The van der Waals surface area contributed by atoms with Gasteiger partial charge in [0.2, 0.25) is 0 Å². The number of rotatable bonds is 5. The largest absolute Gasteiger partial charge is 0.383 e. The lowest BCUT2D eigenvalue weighted by atomic mass is 10.2. The van der Waals surface area contributed by atoms with Crippen molar-refractivity contribution in [3.05, 3.63) is 65.5 Å². The van der Waals surface area contributed by atoms with Crippen molar-refractivity contribution in [2.24, 2.45) is 5.10 Å². The molecule has 162 valence electrons. The molecule has 1 amide bonds. The van der Waals surface area contributed by atoms with Crippen LogP contribution in [0.2, 0.25) is 0 Å². The Labute approximate surface area is 182 Å². The zero-order chi connectivity index (χ0) is 22.1. The van der Waals surface area contributed by atoms with E-state index in [-0.39, 0.29) is 29.2 Å². The smallest absolute Gasteiger partial charge is 0.257 e. The van der Waals surface area contributed by atoms with Crippen LogP contribution in [0.25, 0.3) is 22.2 Å². The summed E-state index contributed by atoms with van der Waals surface area (Å²) in [6, 6.07) is 13.2. The fourth-order valence-electron chi connectivity index (χ4n) is 3.76. The number of hydrogen-bond acceptors (Lipinski definition) is 6. The molecule has 3 N–H and O–H groups in total. The van der Waals surface area contributed by atoms with Gasteiger partial charge in [-0.15, -0.1) is 0 Å². The van der Waals surface area contributed by atoms with Gasteiger partial charge in [-0.3, -0.25) is 4.79 Å². The molecule has 8 nitrogen and oxygen atoms in total. The summed E-state index contributed by atoms with van der Waals surface area (Å²) in [6.07, 6.45) is 3.42. The molecule has 5 rings (SSSR count). The monoisotopic (exact) mass is 432 g/mol. The van der Waals surface area contributed by atoms with Crippen LogP contribution in [0.5, 0.6) is 0 Å². The number of halogens is 1. The van der Waals surface area contributed by atoms with E-state index < -0.39 is 0 Å². The molecule has 2 aromatic heterocycles. The Morgan fingerprint density at radius 2 is 1.97 bits per heavy atom. The van der Waals surface area contributed by atoms with E-state index in [9.17, 15) is 9.18 Å². The van der Waals surface area contributed by atoms with E-state index in [2.05, 4.69) is 20.4 Å². The molecule has 32 heavy (non-hydrogen) atoms. The Bertz CT molecular complexity index is 1330. The third-order valence-electron chi connectivity index (χ3n) is 5.41. The van der Waals surface area contributed by atoms with Crippen molar-refractivity contribution >= 4 is 40.1 Å². The summed E-state index contributed by atoms with van der Waals surface area (Å²) in [6.45, 7) is 1.10. The fraction of sp³-hybridized carbons (Fsp3) is 0.217. The van der Waals surface area contributed by atoms with E-state index in [1.54, 1.807) is 12.1 Å². The number of nitrogens with zero attached hydrogens (tertiary/aromatic N) is 4. The Hall–Kier alpha value is -3.85. The van der Waals surface area contributed by atoms with Crippen LogP contribution in [0, 0.1) is 5.82 Å². The molecule has 1 saturated heterocycles. The second-order valence-corrected chi connectivity index (χ2v) is 7.60. The maximum atomic E-state index is 13.2. The first-order valence-electron chi connectivity index (χ1n) is 10.4. The van der Waals surface area contributed by atoms with Crippen LogP contribution in [0.15, 0.2) is 53.6 Å². The van der Waals surface area contributed by atoms with Crippen molar-refractivity contribution < 1.29 is 13.9 Å². The summed E-state index contributed by atoms with van der Waals surface area (Å²) in [5, 5.41) is 7.32. The van der Waals surface area contributed by atoms with Gasteiger partial charge in [0.1, 0.15) is 22.7 Å². The molecule has 0 radical (unpaired) electrons. The molecule has 4 aromatic rings. The van der Waals surface area contributed by atoms with Gasteiger partial charge in [-0.05, 0) is 42.7 Å². The van der Waals surface area contributed by atoms with E-state index in [0.717, 1.165) is 12.8 Å². The number of fused-ring (bicyclic) bond motifs is 2. The molecule has 2 aromatic carbocycles. The predicted octanol–water partition coefficient (Wildman–Crippen LogP) is 3.10. The molecule has 1 unspecified atom stereocenters. The highest BCUT2D eigenvalue weighted by molar-refractivity contribution is 6.10. The molecule has 1 fully saturated rings. The topological polar surface area (TPSA) is 107 Å².